The number of hydrogen-bond donors (Lipinski definition) is 1. The van der Waals surface area contributed by atoms with Crippen molar-refractivity contribution in [3.05, 3.63) is 36.5 Å². The Kier molecular flexibility index (Phi) is 5.64. The first-order chi connectivity index (χ1) is 13.7. The van der Waals surface area contributed by atoms with Gasteiger partial charge < -0.3 is 24.6 Å². The van der Waals surface area contributed by atoms with Crippen LogP contribution >= 0.6 is 0 Å². The van der Waals surface area contributed by atoms with Gasteiger partial charge >= 0.3 is 0 Å². The maximum atomic E-state index is 5.81. The fraction of sp³-hybridized carbons (Fsp3) is 0.524. The lowest BCUT2D eigenvalue weighted by Gasteiger charge is -2.38. The number of anilines is 4. The predicted octanol–water partition coefficient (Wildman–Crippen LogP) is 3.41. The number of benzene rings is 1. The van der Waals surface area contributed by atoms with Crippen LogP contribution in [0, 0.1) is 0 Å². The van der Waals surface area contributed by atoms with Crippen LogP contribution in [0.25, 0.3) is 0 Å². The maximum Gasteiger partial charge on any atom is 0.229 e. The van der Waals surface area contributed by atoms with Crippen molar-refractivity contribution in [3.8, 4) is 0 Å². The number of rotatable bonds is 6. The van der Waals surface area contributed by atoms with Crippen molar-refractivity contribution in [3.63, 3.8) is 0 Å². The fourth-order valence-electron chi connectivity index (χ4n) is 3.92. The normalized spacial score (nSPS) is 18.4. The van der Waals surface area contributed by atoms with Crippen molar-refractivity contribution in [2.45, 2.75) is 32.5 Å². The lowest BCUT2D eigenvalue weighted by molar-refractivity contribution is -0.169. The Hall–Kier alpha value is -2.38. The van der Waals surface area contributed by atoms with Gasteiger partial charge in [0.2, 0.25) is 5.95 Å². The van der Waals surface area contributed by atoms with Gasteiger partial charge in [-0.3, -0.25) is 0 Å². The number of piperidine rings is 1. The first-order valence-electron chi connectivity index (χ1n) is 10.2. The van der Waals surface area contributed by atoms with E-state index in [1.807, 2.05) is 12.3 Å². The molecule has 4 rings (SSSR count). The molecule has 7 heteroatoms. The Morgan fingerprint density at radius 3 is 2.36 bits per heavy atom. The summed E-state index contributed by atoms with van der Waals surface area (Å²) >= 11 is 0. The van der Waals surface area contributed by atoms with Crippen LogP contribution in [0.1, 0.15) is 26.7 Å². The molecule has 3 heterocycles. The lowest BCUT2D eigenvalue weighted by Crippen LogP contribution is -2.45. The number of nitrogens with one attached hydrogen (secondary N) is 1. The van der Waals surface area contributed by atoms with E-state index < -0.39 is 0 Å². The average molecular weight is 383 g/mol. The van der Waals surface area contributed by atoms with Gasteiger partial charge in [0.05, 0.1) is 13.2 Å². The standard InChI is InChI=1S/C21H29N5O2/c1-3-25(4-2)18-7-5-17(6-8-18)23-20-22-12-9-19(24-20)26-13-10-21(11-14-26)27-15-16-28-21/h5-9,12H,3-4,10-11,13-16H2,1-2H3,(H,22,23,24). The van der Waals surface area contributed by atoms with Gasteiger partial charge in [0.25, 0.3) is 0 Å². The van der Waals surface area contributed by atoms with Crippen molar-refractivity contribution in [2.24, 2.45) is 0 Å². The molecule has 0 bridgehead atoms. The molecule has 2 aliphatic heterocycles. The lowest BCUT2D eigenvalue weighted by atomic mass is 10.0. The van der Waals surface area contributed by atoms with E-state index in [1.165, 1.54) is 5.69 Å². The Morgan fingerprint density at radius 2 is 1.71 bits per heavy atom. The summed E-state index contributed by atoms with van der Waals surface area (Å²) in [6.45, 7) is 9.49. The zero-order valence-corrected chi connectivity index (χ0v) is 16.7. The summed E-state index contributed by atoms with van der Waals surface area (Å²) in [5.41, 5.74) is 2.21. The molecule has 150 valence electrons. The molecule has 0 saturated carbocycles. The molecule has 2 aliphatic rings. The Labute approximate surface area is 166 Å². The van der Waals surface area contributed by atoms with Crippen LogP contribution in [-0.4, -0.2) is 55.1 Å². The average Bonchev–Trinajstić information content (AvgIpc) is 3.19. The van der Waals surface area contributed by atoms with E-state index >= 15 is 0 Å². The molecular weight excluding hydrogens is 354 g/mol. The molecule has 0 amide bonds. The Balaban J connectivity index is 1.40. The SMILES string of the molecule is CCN(CC)c1ccc(Nc2nccc(N3CCC4(CC3)OCCO4)n2)cc1. The van der Waals surface area contributed by atoms with Crippen LogP contribution in [0.2, 0.25) is 0 Å². The van der Waals surface area contributed by atoms with Gasteiger partial charge in [-0.2, -0.15) is 4.98 Å². The fourth-order valence-corrected chi connectivity index (χ4v) is 3.92. The summed E-state index contributed by atoms with van der Waals surface area (Å²) in [4.78, 5) is 13.7. The molecule has 1 aromatic heterocycles. The van der Waals surface area contributed by atoms with Crippen molar-refractivity contribution in [1.82, 2.24) is 9.97 Å². The van der Waals surface area contributed by atoms with Crippen molar-refractivity contribution >= 4 is 23.1 Å². The number of ether oxygens (including phenoxy) is 2. The van der Waals surface area contributed by atoms with E-state index in [0.29, 0.717) is 19.2 Å². The van der Waals surface area contributed by atoms with Crippen molar-refractivity contribution < 1.29 is 9.47 Å². The second-order valence-corrected chi connectivity index (χ2v) is 7.18. The van der Waals surface area contributed by atoms with Crippen LogP contribution in [0.5, 0.6) is 0 Å². The largest absolute Gasteiger partial charge is 0.372 e. The van der Waals surface area contributed by atoms with E-state index in [2.05, 4.69) is 58.2 Å². The van der Waals surface area contributed by atoms with Crippen LogP contribution in [-0.2, 0) is 9.47 Å². The quantitative estimate of drug-likeness (QED) is 0.820. The molecule has 1 spiro atoms. The third kappa shape index (κ3) is 4.05. The second-order valence-electron chi connectivity index (χ2n) is 7.18. The molecule has 0 aliphatic carbocycles. The van der Waals surface area contributed by atoms with E-state index in [-0.39, 0.29) is 5.79 Å². The smallest absolute Gasteiger partial charge is 0.229 e. The minimum Gasteiger partial charge on any atom is -0.372 e. The monoisotopic (exact) mass is 383 g/mol. The van der Waals surface area contributed by atoms with E-state index in [0.717, 1.165) is 50.5 Å². The molecule has 7 nitrogen and oxygen atoms in total. The molecule has 1 aromatic carbocycles. The highest BCUT2D eigenvalue weighted by Gasteiger charge is 2.40. The highest BCUT2D eigenvalue weighted by atomic mass is 16.7. The van der Waals surface area contributed by atoms with Crippen molar-refractivity contribution in [1.29, 1.82) is 0 Å². The van der Waals surface area contributed by atoms with Crippen molar-refractivity contribution in [2.75, 3.05) is 54.5 Å². The first kappa shape index (κ1) is 19.0. The summed E-state index contributed by atoms with van der Waals surface area (Å²) in [7, 11) is 0. The summed E-state index contributed by atoms with van der Waals surface area (Å²) in [6, 6.07) is 10.4. The third-order valence-corrected chi connectivity index (χ3v) is 5.56. The predicted molar refractivity (Wildman–Crippen MR) is 111 cm³/mol. The van der Waals surface area contributed by atoms with E-state index in [4.69, 9.17) is 14.5 Å². The van der Waals surface area contributed by atoms with Crippen LogP contribution < -0.4 is 15.1 Å². The van der Waals surface area contributed by atoms with Gasteiger partial charge in [-0.25, -0.2) is 4.98 Å². The van der Waals surface area contributed by atoms with Crippen LogP contribution in [0.15, 0.2) is 36.5 Å². The van der Waals surface area contributed by atoms with Gasteiger partial charge in [-0.15, -0.1) is 0 Å². The molecule has 2 fully saturated rings. The summed E-state index contributed by atoms with van der Waals surface area (Å²) in [6.07, 6.45) is 3.54. The van der Waals surface area contributed by atoms with Crippen LogP contribution in [0.4, 0.5) is 23.1 Å². The molecule has 0 atom stereocenters. The van der Waals surface area contributed by atoms with Gasteiger partial charge in [-0.05, 0) is 44.2 Å². The number of hydrogen-bond acceptors (Lipinski definition) is 7. The summed E-state index contributed by atoms with van der Waals surface area (Å²) in [5.74, 6) is 1.18. The second kappa shape index (κ2) is 8.32. The topological polar surface area (TPSA) is 62.8 Å². The van der Waals surface area contributed by atoms with Gasteiger partial charge in [0.15, 0.2) is 5.79 Å². The van der Waals surface area contributed by atoms with E-state index in [9.17, 15) is 0 Å². The summed E-state index contributed by atoms with van der Waals surface area (Å²) < 4.78 is 11.6. The molecule has 2 aromatic rings. The minimum atomic E-state index is -0.364. The first-order valence-corrected chi connectivity index (χ1v) is 10.2. The zero-order valence-electron chi connectivity index (χ0n) is 16.7. The molecule has 0 radical (unpaired) electrons. The van der Waals surface area contributed by atoms with Gasteiger partial charge in [0.1, 0.15) is 5.82 Å². The highest BCUT2D eigenvalue weighted by molar-refractivity contribution is 5.60. The molecule has 1 N–H and O–H groups in total. The Morgan fingerprint density at radius 1 is 1.04 bits per heavy atom. The summed E-state index contributed by atoms with van der Waals surface area (Å²) in [5, 5.41) is 3.32. The van der Waals surface area contributed by atoms with Gasteiger partial charge in [0, 0.05) is 56.6 Å². The molecular formula is C21H29N5O2. The van der Waals surface area contributed by atoms with Crippen LogP contribution in [0.3, 0.4) is 0 Å². The zero-order chi connectivity index (χ0) is 19.4. The molecule has 2 saturated heterocycles. The third-order valence-electron chi connectivity index (χ3n) is 5.56. The molecule has 28 heavy (non-hydrogen) atoms. The maximum absolute atomic E-state index is 5.81. The molecule has 0 unspecified atom stereocenters. The van der Waals surface area contributed by atoms with Gasteiger partial charge in [-0.1, -0.05) is 0 Å². The number of aromatic nitrogens is 2. The Bertz CT molecular complexity index is 763. The van der Waals surface area contributed by atoms with E-state index in [1.54, 1.807) is 0 Å². The minimum absolute atomic E-state index is 0.364. The highest BCUT2D eigenvalue weighted by Crippen LogP contribution is 2.32. The number of nitrogens with zero attached hydrogens (tertiary/aromatic N) is 4.